The van der Waals surface area contributed by atoms with Crippen molar-refractivity contribution in [2.75, 3.05) is 0 Å². The molecule has 0 aliphatic heterocycles. The molecule has 0 heterocycles. The molecule has 11 rings (SSSR count). The molecule has 0 nitrogen and oxygen atoms in total. The summed E-state index contributed by atoms with van der Waals surface area (Å²) in [5.74, 6) is 3.40. The third kappa shape index (κ3) is 2.78. The van der Waals surface area contributed by atoms with Crippen molar-refractivity contribution in [3.05, 3.63) is 114 Å². The van der Waals surface area contributed by atoms with Gasteiger partial charge < -0.3 is 0 Å². The normalized spacial score (nSPS) is 27.2. The summed E-state index contributed by atoms with van der Waals surface area (Å²) in [7, 11) is 2.29. The van der Waals surface area contributed by atoms with Crippen LogP contribution < -0.4 is 5.46 Å². The van der Waals surface area contributed by atoms with Crippen LogP contribution in [0.4, 0.5) is 0 Å². The summed E-state index contributed by atoms with van der Waals surface area (Å²) in [4.78, 5) is 0. The van der Waals surface area contributed by atoms with E-state index in [4.69, 9.17) is 0 Å². The highest BCUT2D eigenvalue weighted by Crippen LogP contribution is 2.70. The van der Waals surface area contributed by atoms with Gasteiger partial charge in [0.15, 0.2) is 0 Å². The Hall–Kier alpha value is -3.84. The van der Waals surface area contributed by atoms with E-state index in [9.17, 15) is 0 Å². The summed E-state index contributed by atoms with van der Waals surface area (Å²) < 4.78 is 0. The second kappa shape index (κ2) is 7.92. The third-order valence-electron chi connectivity index (χ3n) is 12.0. The monoisotopic (exact) mass is 524 g/mol. The minimum absolute atomic E-state index is 0.144. The number of benzene rings is 6. The SMILES string of the molecule is Bc1c2ccccc2c(-c2ccc3c(c2)C2(c4c-3ccc3ccccc43)C3CC4CC(C3)CC2C4)c2ccccc12. The van der Waals surface area contributed by atoms with E-state index in [2.05, 4.69) is 111 Å². The van der Waals surface area contributed by atoms with Crippen LogP contribution in [0.15, 0.2) is 103 Å². The molecule has 196 valence electrons. The molecule has 0 aromatic heterocycles. The van der Waals surface area contributed by atoms with Crippen LogP contribution in [0.5, 0.6) is 0 Å². The summed E-state index contributed by atoms with van der Waals surface area (Å²) in [5.41, 5.74) is 10.7. The van der Waals surface area contributed by atoms with E-state index >= 15 is 0 Å². The van der Waals surface area contributed by atoms with Crippen molar-refractivity contribution in [1.29, 1.82) is 0 Å². The smallest absolute Gasteiger partial charge is 0.0735 e. The standard InChI is InChI=1S/C40H33B/c41-39-34-11-5-3-9-31(34)37(32-10-4-6-12-35(32)39)26-14-15-30-33-16-13-25-7-1-2-8-29(25)38(33)40(36(30)22-26)27-18-23-17-24(20-27)21-28(40)19-23/h1-16,22-24,27-28H,17-21,41H2. The molecule has 1 spiro atoms. The Morgan fingerprint density at radius 3 is 1.76 bits per heavy atom. The molecule has 4 bridgehead atoms. The van der Waals surface area contributed by atoms with E-state index in [0.717, 1.165) is 23.7 Å². The van der Waals surface area contributed by atoms with Crippen LogP contribution in [0.3, 0.4) is 0 Å². The highest BCUT2D eigenvalue weighted by atomic mass is 14.6. The van der Waals surface area contributed by atoms with E-state index in [1.807, 2.05) is 0 Å². The lowest BCUT2D eigenvalue weighted by atomic mass is 9.43. The van der Waals surface area contributed by atoms with Gasteiger partial charge in [-0.25, -0.2) is 0 Å². The lowest BCUT2D eigenvalue weighted by molar-refractivity contribution is -0.0393. The van der Waals surface area contributed by atoms with Gasteiger partial charge >= 0.3 is 0 Å². The molecule has 4 saturated carbocycles. The summed E-state index contributed by atoms with van der Waals surface area (Å²) in [6, 6.07) is 39.8. The van der Waals surface area contributed by atoms with Crippen molar-refractivity contribution in [1.82, 2.24) is 0 Å². The van der Waals surface area contributed by atoms with Gasteiger partial charge in [-0.3, -0.25) is 0 Å². The predicted octanol–water partition coefficient (Wildman–Crippen LogP) is 8.79. The minimum atomic E-state index is 0.144. The Labute approximate surface area is 242 Å². The third-order valence-corrected chi connectivity index (χ3v) is 12.0. The first-order chi connectivity index (χ1) is 20.2. The quantitative estimate of drug-likeness (QED) is 0.149. The maximum atomic E-state index is 2.68. The molecule has 4 fully saturated rings. The molecule has 0 radical (unpaired) electrons. The molecule has 6 aromatic rings. The summed E-state index contributed by atoms with van der Waals surface area (Å²) in [6.45, 7) is 0. The Morgan fingerprint density at radius 2 is 1.10 bits per heavy atom. The molecule has 0 atom stereocenters. The van der Waals surface area contributed by atoms with Crippen LogP contribution in [-0.4, -0.2) is 7.85 Å². The Morgan fingerprint density at radius 1 is 0.537 bits per heavy atom. The van der Waals surface area contributed by atoms with Gasteiger partial charge in [0.2, 0.25) is 0 Å². The molecular formula is C40H33B. The molecule has 6 aromatic carbocycles. The summed E-state index contributed by atoms with van der Waals surface area (Å²) in [5, 5.41) is 8.41. The van der Waals surface area contributed by atoms with Crippen molar-refractivity contribution >= 4 is 45.6 Å². The van der Waals surface area contributed by atoms with E-state index in [1.54, 1.807) is 11.1 Å². The number of rotatable bonds is 1. The zero-order valence-corrected chi connectivity index (χ0v) is 23.7. The highest BCUT2D eigenvalue weighted by molar-refractivity contribution is 6.46. The molecule has 0 saturated heterocycles. The molecule has 41 heavy (non-hydrogen) atoms. The van der Waals surface area contributed by atoms with Crippen LogP contribution in [0.25, 0.3) is 54.6 Å². The second-order valence-corrected chi connectivity index (χ2v) is 13.7. The first kappa shape index (κ1) is 22.8. The van der Waals surface area contributed by atoms with Crippen molar-refractivity contribution in [3.8, 4) is 22.3 Å². The number of hydrogen-bond donors (Lipinski definition) is 0. The lowest BCUT2D eigenvalue weighted by Crippen LogP contribution is -2.55. The summed E-state index contributed by atoms with van der Waals surface area (Å²) >= 11 is 0. The Balaban J connectivity index is 1.31. The van der Waals surface area contributed by atoms with E-state index in [-0.39, 0.29) is 5.41 Å². The summed E-state index contributed by atoms with van der Waals surface area (Å²) in [6.07, 6.45) is 7.14. The van der Waals surface area contributed by atoms with Gasteiger partial charge in [0.25, 0.3) is 0 Å². The van der Waals surface area contributed by atoms with Crippen LogP contribution >= 0.6 is 0 Å². The first-order valence-electron chi connectivity index (χ1n) is 15.8. The van der Waals surface area contributed by atoms with Crippen LogP contribution in [0.1, 0.15) is 43.2 Å². The topological polar surface area (TPSA) is 0 Å². The van der Waals surface area contributed by atoms with Crippen molar-refractivity contribution in [2.24, 2.45) is 23.7 Å². The van der Waals surface area contributed by atoms with Gasteiger partial charge in [-0.2, -0.15) is 0 Å². The minimum Gasteiger partial charge on any atom is -0.0735 e. The zero-order chi connectivity index (χ0) is 26.9. The van der Waals surface area contributed by atoms with Gasteiger partial charge in [0.1, 0.15) is 7.85 Å². The highest BCUT2D eigenvalue weighted by Gasteiger charge is 2.62. The average molecular weight is 525 g/mol. The van der Waals surface area contributed by atoms with E-state index < -0.39 is 0 Å². The van der Waals surface area contributed by atoms with Crippen LogP contribution in [-0.2, 0) is 5.41 Å². The number of hydrogen-bond acceptors (Lipinski definition) is 0. The molecule has 0 amide bonds. The Kier molecular flexibility index (Phi) is 4.40. The zero-order valence-electron chi connectivity index (χ0n) is 23.7. The molecule has 5 aliphatic rings. The molecular weight excluding hydrogens is 491 g/mol. The maximum Gasteiger partial charge on any atom is 0.140 e. The molecule has 1 heteroatoms. The maximum absolute atomic E-state index is 2.68. The van der Waals surface area contributed by atoms with Gasteiger partial charge in [-0.05, 0) is 128 Å². The number of fused-ring (bicyclic) bond motifs is 7. The van der Waals surface area contributed by atoms with E-state index in [1.165, 1.54) is 92.1 Å². The Bertz CT molecular complexity index is 2000. The average Bonchev–Trinajstić information content (AvgIpc) is 3.30. The lowest BCUT2D eigenvalue weighted by Gasteiger charge is -2.61. The predicted molar refractivity (Wildman–Crippen MR) is 176 cm³/mol. The van der Waals surface area contributed by atoms with Crippen LogP contribution in [0, 0.1) is 23.7 Å². The second-order valence-electron chi connectivity index (χ2n) is 13.7. The molecule has 5 aliphatic carbocycles. The van der Waals surface area contributed by atoms with Crippen molar-refractivity contribution in [3.63, 3.8) is 0 Å². The van der Waals surface area contributed by atoms with Crippen molar-refractivity contribution in [2.45, 2.75) is 37.5 Å². The molecule has 0 N–H and O–H groups in total. The van der Waals surface area contributed by atoms with Crippen LogP contribution in [0.2, 0.25) is 0 Å². The van der Waals surface area contributed by atoms with Crippen molar-refractivity contribution < 1.29 is 0 Å². The van der Waals surface area contributed by atoms with Gasteiger partial charge in [-0.15, -0.1) is 0 Å². The first-order valence-corrected chi connectivity index (χ1v) is 15.8. The fourth-order valence-corrected chi connectivity index (χ4v) is 10.8. The molecule has 0 unspecified atom stereocenters. The fraction of sp³-hybridized carbons (Fsp3) is 0.250. The largest absolute Gasteiger partial charge is 0.140 e. The fourth-order valence-electron chi connectivity index (χ4n) is 10.8. The van der Waals surface area contributed by atoms with Gasteiger partial charge in [0, 0.05) is 5.41 Å². The van der Waals surface area contributed by atoms with Gasteiger partial charge in [-0.1, -0.05) is 103 Å². The van der Waals surface area contributed by atoms with Gasteiger partial charge in [0.05, 0.1) is 0 Å². The van der Waals surface area contributed by atoms with E-state index in [0.29, 0.717) is 0 Å².